The third kappa shape index (κ3) is 11.5. The van der Waals surface area contributed by atoms with Crippen LogP contribution in [0.3, 0.4) is 0 Å². The van der Waals surface area contributed by atoms with E-state index in [0.29, 0.717) is 25.9 Å². The molecule has 0 radical (unpaired) electrons. The van der Waals surface area contributed by atoms with E-state index < -0.39 is 6.10 Å². The summed E-state index contributed by atoms with van der Waals surface area (Å²) in [6.07, 6.45) is 10.6. The number of nitrogens with zero attached hydrogens (tertiary/aromatic N) is 1. The molecule has 1 N–H and O–H groups in total. The minimum atomic E-state index is -0.518. The van der Waals surface area contributed by atoms with Gasteiger partial charge in [0.2, 0.25) is 5.91 Å². The van der Waals surface area contributed by atoms with Crippen molar-refractivity contribution in [2.45, 2.75) is 65.6 Å². The van der Waals surface area contributed by atoms with Crippen LogP contribution in [0.25, 0.3) is 0 Å². The summed E-state index contributed by atoms with van der Waals surface area (Å²) >= 11 is 0. The highest BCUT2D eigenvalue weighted by Gasteiger charge is 2.16. The summed E-state index contributed by atoms with van der Waals surface area (Å²) in [6, 6.07) is 30.6. The van der Waals surface area contributed by atoms with Gasteiger partial charge >= 0.3 is 0 Å². The molecule has 3 rings (SSSR count). The quantitative estimate of drug-likeness (QED) is 0.102. The highest BCUT2D eigenvalue weighted by Crippen LogP contribution is 2.16. The molecule has 0 fully saturated rings. The van der Waals surface area contributed by atoms with Gasteiger partial charge in [0.05, 0.1) is 6.10 Å². The van der Waals surface area contributed by atoms with Crippen molar-refractivity contribution >= 4 is 5.91 Å². The fraction of sp³-hybridized carbons (Fsp3) is 0.289. The molecular weight excluding hydrogens is 502 g/mol. The molecule has 0 spiro atoms. The Labute approximate surface area is 246 Å². The van der Waals surface area contributed by atoms with Gasteiger partial charge in [-0.25, -0.2) is 0 Å². The Morgan fingerprint density at radius 1 is 0.805 bits per heavy atom. The Morgan fingerprint density at radius 3 is 1.90 bits per heavy atom. The smallest absolute Gasteiger partial charge is 0.249 e. The maximum absolute atomic E-state index is 13.3. The SMILES string of the molecule is C/C(=C\CCC#C/C=C/[C@@H](C)[C@@H](O)/C(C)=C/CCc1ccccc1)C(=O)N(Cc1ccccc1)Cc1ccccc1. The van der Waals surface area contributed by atoms with Crippen LogP contribution in [-0.2, 0) is 24.3 Å². The van der Waals surface area contributed by atoms with E-state index in [1.54, 1.807) is 0 Å². The van der Waals surface area contributed by atoms with Gasteiger partial charge in [0.25, 0.3) is 0 Å². The third-order valence-electron chi connectivity index (χ3n) is 7.07. The molecular formula is C38H43NO2. The zero-order valence-corrected chi connectivity index (χ0v) is 24.7. The van der Waals surface area contributed by atoms with Gasteiger partial charge in [-0.15, -0.1) is 0 Å². The maximum Gasteiger partial charge on any atom is 0.249 e. The van der Waals surface area contributed by atoms with E-state index in [1.807, 2.05) is 86.4 Å². The molecule has 0 heterocycles. The van der Waals surface area contributed by atoms with E-state index in [1.165, 1.54) is 5.56 Å². The highest BCUT2D eigenvalue weighted by atomic mass is 16.3. The van der Waals surface area contributed by atoms with Crippen LogP contribution in [0.2, 0.25) is 0 Å². The van der Waals surface area contributed by atoms with Crippen LogP contribution in [0.5, 0.6) is 0 Å². The molecule has 0 saturated carbocycles. The Bertz CT molecular complexity index is 1300. The Hall–Kier alpha value is -4.13. The van der Waals surface area contributed by atoms with Gasteiger partial charge in [-0.2, -0.15) is 0 Å². The molecule has 3 heteroatoms. The Kier molecular flexibility index (Phi) is 13.4. The summed E-state index contributed by atoms with van der Waals surface area (Å²) in [4.78, 5) is 15.2. The molecule has 3 aromatic carbocycles. The number of hydrogen-bond donors (Lipinski definition) is 1. The lowest BCUT2D eigenvalue weighted by Gasteiger charge is -2.23. The summed E-state index contributed by atoms with van der Waals surface area (Å²) in [5, 5.41) is 10.7. The topological polar surface area (TPSA) is 40.5 Å². The molecule has 0 aliphatic carbocycles. The zero-order chi connectivity index (χ0) is 29.3. The number of aryl methyl sites for hydroxylation is 1. The van der Waals surface area contributed by atoms with Crippen molar-refractivity contribution in [1.82, 2.24) is 4.90 Å². The predicted molar refractivity (Wildman–Crippen MR) is 171 cm³/mol. The van der Waals surface area contributed by atoms with Crippen LogP contribution in [0.4, 0.5) is 0 Å². The number of allylic oxidation sites excluding steroid dienone is 3. The standard InChI is InChI=1S/C38H43NO2/c1-31(37(40)32(2)21-18-28-34-22-12-7-13-23-34)19-10-5-4-6-11-20-33(3)38(41)39(29-35-24-14-8-15-25-35)30-36-26-16-9-17-27-36/h7-10,12-17,19-27,31,37,40H,6,11,18,28-30H2,1-3H3/b19-10+,32-21+,33-20+/t31-,37-/m1/s1. The van der Waals surface area contributed by atoms with Crippen molar-refractivity contribution in [3.8, 4) is 11.8 Å². The van der Waals surface area contributed by atoms with Crippen molar-refractivity contribution in [3.63, 3.8) is 0 Å². The second kappa shape index (κ2) is 17.5. The van der Waals surface area contributed by atoms with Crippen LogP contribution in [0.15, 0.2) is 126 Å². The molecule has 3 nitrogen and oxygen atoms in total. The average molecular weight is 546 g/mol. The summed E-state index contributed by atoms with van der Waals surface area (Å²) in [6.45, 7) is 7.01. The van der Waals surface area contributed by atoms with Gasteiger partial charge in [0, 0.05) is 31.0 Å². The largest absolute Gasteiger partial charge is 0.388 e. The first-order chi connectivity index (χ1) is 19.9. The fourth-order valence-corrected chi connectivity index (χ4v) is 4.59. The van der Waals surface area contributed by atoms with Crippen molar-refractivity contribution in [2.75, 3.05) is 0 Å². The van der Waals surface area contributed by atoms with Crippen molar-refractivity contribution in [3.05, 3.63) is 143 Å². The molecule has 0 aliphatic rings. The van der Waals surface area contributed by atoms with E-state index >= 15 is 0 Å². The number of amides is 1. The lowest BCUT2D eigenvalue weighted by molar-refractivity contribution is -0.128. The normalized spacial score (nSPS) is 13.4. The number of hydrogen-bond acceptors (Lipinski definition) is 2. The average Bonchev–Trinajstić information content (AvgIpc) is 3.00. The summed E-state index contributed by atoms with van der Waals surface area (Å²) in [5.74, 6) is 6.27. The Balaban J connectivity index is 1.47. The zero-order valence-electron chi connectivity index (χ0n) is 24.7. The summed E-state index contributed by atoms with van der Waals surface area (Å²) < 4.78 is 0. The minimum absolute atomic E-state index is 0.0164. The molecule has 1 amide bonds. The van der Waals surface area contributed by atoms with E-state index in [2.05, 4.69) is 66.4 Å². The third-order valence-corrected chi connectivity index (χ3v) is 7.07. The van der Waals surface area contributed by atoms with Crippen LogP contribution < -0.4 is 0 Å². The van der Waals surface area contributed by atoms with Gasteiger partial charge in [-0.1, -0.05) is 128 Å². The van der Waals surface area contributed by atoms with Crippen molar-refractivity contribution in [1.29, 1.82) is 0 Å². The maximum atomic E-state index is 13.3. The first-order valence-electron chi connectivity index (χ1n) is 14.5. The number of rotatable bonds is 13. The van der Waals surface area contributed by atoms with Crippen LogP contribution >= 0.6 is 0 Å². The van der Waals surface area contributed by atoms with E-state index in [-0.39, 0.29) is 11.8 Å². The lowest BCUT2D eigenvalue weighted by atomic mass is 9.96. The monoisotopic (exact) mass is 545 g/mol. The van der Waals surface area contributed by atoms with E-state index in [0.717, 1.165) is 35.1 Å². The number of carbonyl (C=O) groups is 1. The molecule has 0 aliphatic heterocycles. The van der Waals surface area contributed by atoms with Gasteiger partial charge in [-0.05, 0) is 61.4 Å². The van der Waals surface area contributed by atoms with Crippen LogP contribution in [0.1, 0.15) is 56.7 Å². The molecule has 0 saturated heterocycles. The second-order valence-electron chi connectivity index (χ2n) is 10.5. The fourth-order valence-electron chi connectivity index (χ4n) is 4.59. The highest BCUT2D eigenvalue weighted by molar-refractivity contribution is 5.92. The summed E-state index contributed by atoms with van der Waals surface area (Å²) in [7, 11) is 0. The summed E-state index contributed by atoms with van der Waals surface area (Å²) in [5.41, 5.74) is 5.25. The molecule has 0 aromatic heterocycles. The molecule has 2 atom stereocenters. The van der Waals surface area contributed by atoms with Gasteiger partial charge < -0.3 is 10.0 Å². The van der Waals surface area contributed by atoms with Crippen molar-refractivity contribution in [2.24, 2.45) is 5.92 Å². The lowest BCUT2D eigenvalue weighted by Crippen LogP contribution is -2.30. The molecule has 212 valence electrons. The van der Waals surface area contributed by atoms with Gasteiger partial charge in [-0.3, -0.25) is 4.79 Å². The number of benzene rings is 3. The number of unbranched alkanes of at least 4 members (excludes halogenated alkanes) is 1. The molecule has 0 unspecified atom stereocenters. The van der Waals surface area contributed by atoms with Crippen LogP contribution in [-0.4, -0.2) is 22.0 Å². The van der Waals surface area contributed by atoms with E-state index in [9.17, 15) is 9.90 Å². The van der Waals surface area contributed by atoms with Gasteiger partial charge in [0.1, 0.15) is 0 Å². The molecule has 0 bridgehead atoms. The predicted octanol–water partition coefficient (Wildman–Crippen LogP) is 8.08. The minimum Gasteiger partial charge on any atom is -0.388 e. The van der Waals surface area contributed by atoms with Crippen LogP contribution in [0, 0.1) is 17.8 Å². The Morgan fingerprint density at radius 2 is 1.34 bits per heavy atom. The van der Waals surface area contributed by atoms with Crippen molar-refractivity contribution < 1.29 is 9.90 Å². The number of carbonyl (C=O) groups excluding carboxylic acids is 1. The molecule has 41 heavy (non-hydrogen) atoms. The van der Waals surface area contributed by atoms with Gasteiger partial charge in [0.15, 0.2) is 0 Å². The first kappa shape index (κ1) is 31.4. The second-order valence-corrected chi connectivity index (χ2v) is 10.5. The van der Waals surface area contributed by atoms with E-state index in [4.69, 9.17) is 0 Å². The first-order valence-corrected chi connectivity index (χ1v) is 14.5. The number of aliphatic hydroxyl groups excluding tert-OH is 1. The number of aliphatic hydroxyl groups is 1. The molecule has 3 aromatic rings.